The van der Waals surface area contributed by atoms with Crippen molar-refractivity contribution in [3.63, 3.8) is 0 Å². The monoisotopic (exact) mass is 343 g/mol. The summed E-state index contributed by atoms with van der Waals surface area (Å²) in [7, 11) is 0. The van der Waals surface area contributed by atoms with Crippen molar-refractivity contribution in [2.45, 2.75) is 38.3 Å². The summed E-state index contributed by atoms with van der Waals surface area (Å²) in [6.45, 7) is 1.64. The number of aliphatic imine (C=N–C) groups is 1. The molecule has 2 aliphatic rings. The van der Waals surface area contributed by atoms with E-state index in [2.05, 4.69) is 15.6 Å². The van der Waals surface area contributed by atoms with Gasteiger partial charge in [-0.3, -0.25) is 9.59 Å². The molecule has 1 saturated heterocycles. The third-order valence-corrected chi connectivity index (χ3v) is 4.67. The van der Waals surface area contributed by atoms with Crippen molar-refractivity contribution >= 4 is 17.8 Å². The second-order valence-corrected chi connectivity index (χ2v) is 6.60. The summed E-state index contributed by atoms with van der Waals surface area (Å²) in [5.41, 5.74) is 7.50. The van der Waals surface area contributed by atoms with Crippen molar-refractivity contribution < 1.29 is 9.59 Å². The van der Waals surface area contributed by atoms with Crippen LogP contribution in [0.4, 0.5) is 0 Å². The Bertz CT molecular complexity index is 650. The van der Waals surface area contributed by atoms with E-state index in [1.54, 1.807) is 17.0 Å². The van der Waals surface area contributed by atoms with Gasteiger partial charge in [0.2, 0.25) is 5.91 Å². The van der Waals surface area contributed by atoms with Gasteiger partial charge >= 0.3 is 0 Å². The van der Waals surface area contributed by atoms with Gasteiger partial charge in [-0.2, -0.15) is 0 Å². The number of amides is 2. The predicted octanol–water partition coefficient (Wildman–Crippen LogP) is 0.605. The molecule has 1 aliphatic heterocycles. The number of hydrogen-bond donors (Lipinski definition) is 3. The van der Waals surface area contributed by atoms with Crippen molar-refractivity contribution in [2.75, 3.05) is 19.6 Å². The third-order valence-electron chi connectivity index (χ3n) is 4.67. The molecule has 3 rings (SSSR count). The minimum absolute atomic E-state index is 0.115. The van der Waals surface area contributed by atoms with E-state index in [9.17, 15) is 9.59 Å². The van der Waals surface area contributed by atoms with Crippen LogP contribution in [0.1, 0.15) is 41.6 Å². The molecule has 1 aromatic rings. The van der Waals surface area contributed by atoms with E-state index >= 15 is 0 Å². The SMILES string of the molecule is NC(=NCc1ccc(C(=O)N2CCNC(=O)C2)cc1)NC1CCCC1. The first-order valence-electron chi connectivity index (χ1n) is 8.83. The van der Waals surface area contributed by atoms with E-state index in [4.69, 9.17) is 5.73 Å². The molecule has 4 N–H and O–H groups in total. The predicted molar refractivity (Wildman–Crippen MR) is 96.1 cm³/mol. The van der Waals surface area contributed by atoms with Crippen molar-refractivity contribution in [1.82, 2.24) is 15.5 Å². The van der Waals surface area contributed by atoms with Gasteiger partial charge < -0.3 is 21.3 Å². The number of nitrogens with one attached hydrogen (secondary N) is 2. The molecule has 1 aliphatic carbocycles. The maximum atomic E-state index is 12.4. The number of carbonyl (C=O) groups excluding carboxylic acids is 2. The fraction of sp³-hybridized carbons (Fsp3) is 0.500. The first-order valence-corrected chi connectivity index (χ1v) is 8.83. The average molecular weight is 343 g/mol. The zero-order valence-electron chi connectivity index (χ0n) is 14.3. The number of hydrogen-bond acceptors (Lipinski definition) is 3. The molecule has 7 heteroatoms. The topological polar surface area (TPSA) is 99.8 Å². The van der Waals surface area contributed by atoms with Gasteiger partial charge in [-0.15, -0.1) is 0 Å². The van der Waals surface area contributed by atoms with Crippen LogP contribution in [0.15, 0.2) is 29.3 Å². The lowest BCUT2D eigenvalue weighted by Gasteiger charge is -2.26. The second kappa shape index (κ2) is 8.00. The molecule has 7 nitrogen and oxygen atoms in total. The normalized spacial score (nSPS) is 19.0. The summed E-state index contributed by atoms with van der Waals surface area (Å²) in [4.78, 5) is 29.7. The number of piperazine rings is 1. The highest BCUT2D eigenvalue weighted by atomic mass is 16.2. The van der Waals surface area contributed by atoms with E-state index in [1.807, 2.05) is 12.1 Å². The molecule has 0 unspecified atom stereocenters. The van der Waals surface area contributed by atoms with E-state index in [0.717, 1.165) is 18.4 Å². The lowest BCUT2D eigenvalue weighted by atomic mass is 10.1. The lowest BCUT2D eigenvalue weighted by Crippen LogP contribution is -2.49. The number of guanidine groups is 1. The number of rotatable bonds is 4. The standard InChI is InChI=1S/C18H25N5O2/c19-18(22-15-3-1-2-4-15)21-11-13-5-7-14(8-6-13)17(25)23-10-9-20-16(24)12-23/h5-8,15H,1-4,9-12H2,(H,20,24)(H3,19,21,22). The number of benzene rings is 1. The Balaban J connectivity index is 1.54. The van der Waals surface area contributed by atoms with Crippen molar-refractivity contribution in [2.24, 2.45) is 10.7 Å². The fourth-order valence-corrected chi connectivity index (χ4v) is 3.25. The average Bonchev–Trinajstić information content (AvgIpc) is 3.13. The van der Waals surface area contributed by atoms with Crippen molar-refractivity contribution in [3.8, 4) is 0 Å². The first-order chi connectivity index (χ1) is 12.1. The number of nitrogens with two attached hydrogens (primary N) is 1. The van der Waals surface area contributed by atoms with Gasteiger partial charge in [0.1, 0.15) is 0 Å². The zero-order valence-corrected chi connectivity index (χ0v) is 14.3. The van der Waals surface area contributed by atoms with Crippen LogP contribution >= 0.6 is 0 Å². The lowest BCUT2D eigenvalue weighted by molar-refractivity contribution is -0.123. The van der Waals surface area contributed by atoms with Crippen LogP contribution in [0.5, 0.6) is 0 Å². The van der Waals surface area contributed by atoms with Crippen molar-refractivity contribution in [3.05, 3.63) is 35.4 Å². The fourth-order valence-electron chi connectivity index (χ4n) is 3.25. The van der Waals surface area contributed by atoms with E-state index in [0.29, 0.717) is 37.2 Å². The molecule has 1 heterocycles. The van der Waals surface area contributed by atoms with Crippen LogP contribution < -0.4 is 16.4 Å². The molecule has 1 saturated carbocycles. The smallest absolute Gasteiger partial charge is 0.254 e. The molecule has 2 amide bonds. The highest BCUT2D eigenvalue weighted by molar-refractivity contribution is 5.97. The van der Waals surface area contributed by atoms with Crippen LogP contribution in [-0.4, -0.2) is 48.3 Å². The summed E-state index contributed by atoms with van der Waals surface area (Å²) >= 11 is 0. The van der Waals surface area contributed by atoms with Crippen LogP contribution in [0, 0.1) is 0 Å². The van der Waals surface area contributed by atoms with Crippen LogP contribution in [-0.2, 0) is 11.3 Å². The highest BCUT2D eigenvalue weighted by Gasteiger charge is 2.22. The molecule has 0 aromatic heterocycles. The quantitative estimate of drug-likeness (QED) is 0.551. The summed E-state index contributed by atoms with van der Waals surface area (Å²) in [6, 6.07) is 7.76. The van der Waals surface area contributed by atoms with E-state index in [-0.39, 0.29) is 18.4 Å². The van der Waals surface area contributed by atoms with Crippen LogP contribution in [0.2, 0.25) is 0 Å². The molecule has 0 atom stereocenters. The highest BCUT2D eigenvalue weighted by Crippen LogP contribution is 2.17. The Hall–Kier alpha value is -2.57. The Morgan fingerprint density at radius 2 is 2.00 bits per heavy atom. The summed E-state index contributed by atoms with van der Waals surface area (Å²) < 4.78 is 0. The first kappa shape index (κ1) is 17.3. The Labute approximate surface area is 147 Å². The maximum absolute atomic E-state index is 12.4. The number of carbonyl (C=O) groups is 2. The molecule has 0 bridgehead atoms. The Kier molecular flexibility index (Phi) is 5.53. The molecule has 2 fully saturated rings. The van der Waals surface area contributed by atoms with E-state index < -0.39 is 0 Å². The van der Waals surface area contributed by atoms with Crippen molar-refractivity contribution in [1.29, 1.82) is 0 Å². The number of nitrogens with zero attached hydrogens (tertiary/aromatic N) is 2. The Morgan fingerprint density at radius 3 is 2.68 bits per heavy atom. The van der Waals surface area contributed by atoms with Gasteiger partial charge in [-0.05, 0) is 30.5 Å². The van der Waals surface area contributed by atoms with E-state index in [1.165, 1.54) is 12.8 Å². The molecule has 1 aromatic carbocycles. The van der Waals surface area contributed by atoms with Gasteiger partial charge in [-0.25, -0.2) is 4.99 Å². The van der Waals surface area contributed by atoms with Gasteiger partial charge in [0.15, 0.2) is 5.96 Å². The zero-order chi connectivity index (χ0) is 17.6. The minimum atomic E-state index is -0.118. The molecule has 25 heavy (non-hydrogen) atoms. The van der Waals surface area contributed by atoms with Gasteiger partial charge in [0.05, 0.1) is 13.1 Å². The molecule has 134 valence electrons. The van der Waals surface area contributed by atoms with Crippen LogP contribution in [0.3, 0.4) is 0 Å². The third kappa shape index (κ3) is 4.71. The second-order valence-electron chi connectivity index (χ2n) is 6.60. The molecular formula is C18H25N5O2. The van der Waals surface area contributed by atoms with Gasteiger partial charge in [-0.1, -0.05) is 25.0 Å². The van der Waals surface area contributed by atoms with Gasteiger partial charge in [0, 0.05) is 24.7 Å². The summed E-state index contributed by atoms with van der Waals surface area (Å²) in [5.74, 6) is 0.245. The maximum Gasteiger partial charge on any atom is 0.254 e. The minimum Gasteiger partial charge on any atom is -0.370 e. The van der Waals surface area contributed by atoms with Gasteiger partial charge in [0.25, 0.3) is 5.91 Å². The van der Waals surface area contributed by atoms with Crippen LogP contribution in [0.25, 0.3) is 0 Å². The Morgan fingerprint density at radius 1 is 1.28 bits per heavy atom. The largest absolute Gasteiger partial charge is 0.370 e. The molecule has 0 radical (unpaired) electrons. The molecular weight excluding hydrogens is 318 g/mol. The summed E-state index contributed by atoms with van der Waals surface area (Å²) in [6.07, 6.45) is 4.81. The summed E-state index contributed by atoms with van der Waals surface area (Å²) in [5, 5.41) is 5.97. The molecule has 0 spiro atoms.